The van der Waals surface area contributed by atoms with Crippen LogP contribution in [0.15, 0.2) is 9.64 Å². The Morgan fingerprint density at radius 2 is 1.93 bits per heavy atom. The van der Waals surface area contributed by atoms with Gasteiger partial charge in [-0.3, -0.25) is 4.79 Å². The number of sulfone groups is 1. The number of ether oxygens (including phenoxy) is 1. The Morgan fingerprint density at radius 3 is 2.57 bits per heavy atom. The van der Waals surface area contributed by atoms with Gasteiger partial charge in [0, 0.05) is 32.6 Å². The van der Waals surface area contributed by atoms with Crippen molar-refractivity contribution in [3.05, 3.63) is 5.89 Å². The number of piperazine rings is 1. The molecule has 2 saturated heterocycles. The summed E-state index contributed by atoms with van der Waals surface area (Å²) in [5.74, 6) is 0.897. The van der Waals surface area contributed by atoms with E-state index >= 15 is 0 Å². The monoisotopic (exact) mass is 432 g/mol. The van der Waals surface area contributed by atoms with Crippen molar-refractivity contribution in [3.63, 3.8) is 0 Å². The van der Waals surface area contributed by atoms with Gasteiger partial charge in [-0.2, -0.15) is 0 Å². The van der Waals surface area contributed by atoms with Crippen molar-refractivity contribution < 1.29 is 27.2 Å². The number of carbonyl (C=O) groups is 2. The molecule has 1 atom stereocenters. The lowest BCUT2D eigenvalue weighted by atomic mass is 10.1. The second kappa shape index (κ2) is 9.12. The third-order valence-electron chi connectivity index (χ3n) is 4.72. The highest BCUT2D eigenvalue weighted by atomic mass is 32.2. The number of aromatic nitrogens is 2. The SMILES string of the molecule is CCOC(=O)N1CCN(C(=O)CSc2nnc(CC3CCS(=O)(=O)C3)o2)CC1. The topological polar surface area (TPSA) is 123 Å². The highest BCUT2D eigenvalue weighted by Gasteiger charge is 2.29. The van der Waals surface area contributed by atoms with Gasteiger partial charge in [-0.25, -0.2) is 13.2 Å². The fraction of sp³-hybridized carbons (Fsp3) is 0.750. The molecule has 0 aliphatic carbocycles. The van der Waals surface area contributed by atoms with Crippen LogP contribution in [-0.4, -0.2) is 90.5 Å². The van der Waals surface area contributed by atoms with Crippen LogP contribution in [0.4, 0.5) is 4.79 Å². The highest BCUT2D eigenvalue weighted by Crippen LogP contribution is 2.24. The second-order valence-corrected chi connectivity index (χ2v) is 9.95. The minimum atomic E-state index is -2.93. The molecule has 2 amide bonds. The van der Waals surface area contributed by atoms with Gasteiger partial charge in [-0.15, -0.1) is 10.2 Å². The zero-order valence-corrected chi connectivity index (χ0v) is 17.3. The molecular formula is C16H24N4O6S2. The number of thioether (sulfide) groups is 1. The molecule has 3 rings (SSSR count). The summed E-state index contributed by atoms with van der Waals surface area (Å²) in [5.41, 5.74) is 0. The van der Waals surface area contributed by atoms with Gasteiger partial charge in [0.1, 0.15) is 0 Å². The zero-order valence-electron chi connectivity index (χ0n) is 15.7. The Morgan fingerprint density at radius 1 is 1.21 bits per heavy atom. The second-order valence-electron chi connectivity index (χ2n) is 6.79. The van der Waals surface area contributed by atoms with Crippen LogP contribution in [0.25, 0.3) is 0 Å². The number of hydrogen-bond donors (Lipinski definition) is 0. The summed E-state index contributed by atoms with van der Waals surface area (Å²) >= 11 is 1.16. The van der Waals surface area contributed by atoms with Gasteiger partial charge in [0.15, 0.2) is 9.84 Å². The van der Waals surface area contributed by atoms with Crippen LogP contribution in [0.5, 0.6) is 0 Å². The van der Waals surface area contributed by atoms with Gasteiger partial charge in [0.25, 0.3) is 5.22 Å². The molecule has 0 N–H and O–H groups in total. The minimum absolute atomic E-state index is 0.0145. The first kappa shape index (κ1) is 20.9. The molecule has 28 heavy (non-hydrogen) atoms. The molecule has 0 bridgehead atoms. The van der Waals surface area contributed by atoms with Crippen LogP contribution in [0.1, 0.15) is 19.2 Å². The van der Waals surface area contributed by atoms with Gasteiger partial charge in [0.2, 0.25) is 11.8 Å². The molecule has 2 aliphatic heterocycles. The molecule has 3 heterocycles. The fourth-order valence-corrected chi connectivity index (χ4v) is 5.77. The van der Waals surface area contributed by atoms with Crippen LogP contribution in [0.2, 0.25) is 0 Å². The minimum Gasteiger partial charge on any atom is -0.450 e. The summed E-state index contributed by atoms with van der Waals surface area (Å²) in [4.78, 5) is 27.3. The van der Waals surface area contributed by atoms with E-state index in [4.69, 9.17) is 9.15 Å². The van der Waals surface area contributed by atoms with E-state index in [0.717, 1.165) is 11.8 Å². The van der Waals surface area contributed by atoms with Crippen molar-refractivity contribution in [1.29, 1.82) is 0 Å². The molecule has 0 radical (unpaired) electrons. The molecule has 0 spiro atoms. The highest BCUT2D eigenvalue weighted by molar-refractivity contribution is 7.99. The maximum atomic E-state index is 12.3. The molecule has 0 saturated carbocycles. The molecule has 2 aliphatic rings. The Hall–Kier alpha value is -1.82. The average molecular weight is 433 g/mol. The Labute approximate surface area is 167 Å². The van der Waals surface area contributed by atoms with E-state index in [1.165, 1.54) is 0 Å². The maximum absolute atomic E-state index is 12.3. The van der Waals surface area contributed by atoms with Crippen LogP contribution >= 0.6 is 11.8 Å². The largest absolute Gasteiger partial charge is 0.450 e. The summed E-state index contributed by atoms with van der Waals surface area (Å²) in [5, 5.41) is 8.17. The van der Waals surface area contributed by atoms with Crippen LogP contribution in [-0.2, 0) is 25.8 Å². The molecule has 156 valence electrons. The van der Waals surface area contributed by atoms with Crippen molar-refractivity contribution in [2.75, 3.05) is 50.0 Å². The summed E-state index contributed by atoms with van der Waals surface area (Å²) in [6.45, 7) is 3.91. The standard InChI is InChI=1S/C16H24N4O6S2/c1-2-25-16(22)20-6-4-19(5-7-20)14(21)10-27-15-18-17-13(26-15)9-12-3-8-28(23,24)11-12/h12H,2-11H2,1H3. The maximum Gasteiger partial charge on any atom is 0.409 e. The van der Waals surface area contributed by atoms with Gasteiger partial charge < -0.3 is 19.0 Å². The summed E-state index contributed by atoms with van der Waals surface area (Å²) in [6.07, 6.45) is 0.706. The van der Waals surface area contributed by atoms with E-state index < -0.39 is 9.84 Å². The van der Waals surface area contributed by atoms with Crippen molar-refractivity contribution in [3.8, 4) is 0 Å². The van der Waals surface area contributed by atoms with E-state index in [-0.39, 0.29) is 35.2 Å². The van der Waals surface area contributed by atoms with Crippen molar-refractivity contribution in [1.82, 2.24) is 20.0 Å². The lowest BCUT2D eigenvalue weighted by Crippen LogP contribution is -2.51. The average Bonchev–Trinajstić information content (AvgIpc) is 3.26. The van der Waals surface area contributed by atoms with E-state index in [0.29, 0.717) is 56.7 Å². The van der Waals surface area contributed by atoms with Gasteiger partial charge in [0.05, 0.1) is 23.9 Å². The van der Waals surface area contributed by atoms with Gasteiger partial charge >= 0.3 is 6.09 Å². The number of carbonyl (C=O) groups excluding carboxylic acids is 2. The predicted molar refractivity (Wildman–Crippen MR) is 101 cm³/mol. The lowest BCUT2D eigenvalue weighted by molar-refractivity contribution is -0.129. The molecule has 0 aromatic carbocycles. The normalized spacial score (nSPS) is 21.7. The Kier molecular flexibility index (Phi) is 6.81. The van der Waals surface area contributed by atoms with Crippen molar-refractivity contribution in [2.45, 2.75) is 25.0 Å². The quantitative estimate of drug-likeness (QED) is 0.589. The molecule has 10 nitrogen and oxygen atoms in total. The van der Waals surface area contributed by atoms with Gasteiger partial charge in [-0.05, 0) is 19.3 Å². The van der Waals surface area contributed by atoms with Crippen LogP contribution in [0, 0.1) is 5.92 Å². The summed E-state index contributed by atoms with van der Waals surface area (Å²) in [6, 6.07) is 0. The Bertz CT molecular complexity index is 804. The van der Waals surface area contributed by atoms with E-state index in [2.05, 4.69) is 10.2 Å². The first-order chi connectivity index (χ1) is 13.4. The number of rotatable bonds is 6. The number of amides is 2. The summed E-state index contributed by atoms with van der Waals surface area (Å²) in [7, 11) is -2.93. The smallest absolute Gasteiger partial charge is 0.409 e. The van der Waals surface area contributed by atoms with Crippen molar-refractivity contribution >= 4 is 33.6 Å². The van der Waals surface area contributed by atoms with Gasteiger partial charge in [-0.1, -0.05) is 11.8 Å². The molecule has 1 aromatic rings. The number of nitrogens with zero attached hydrogens (tertiary/aromatic N) is 4. The lowest BCUT2D eigenvalue weighted by Gasteiger charge is -2.33. The van der Waals surface area contributed by atoms with E-state index in [1.54, 1.807) is 16.7 Å². The Balaban J connectivity index is 1.41. The molecule has 2 fully saturated rings. The predicted octanol–water partition coefficient (Wildman–Crippen LogP) is 0.440. The van der Waals surface area contributed by atoms with E-state index in [1.807, 2.05) is 0 Å². The first-order valence-corrected chi connectivity index (χ1v) is 12.0. The molecule has 1 aromatic heterocycles. The first-order valence-electron chi connectivity index (χ1n) is 9.21. The third-order valence-corrected chi connectivity index (χ3v) is 7.36. The summed E-state index contributed by atoms with van der Waals surface area (Å²) < 4.78 is 33.5. The number of hydrogen-bond acceptors (Lipinski definition) is 9. The van der Waals surface area contributed by atoms with Crippen LogP contribution in [0.3, 0.4) is 0 Å². The zero-order chi connectivity index (χ0) is 20.1. The molecule has 1 unspecified atom stereocenters. The van der Waals surface area contributed by atoms with Crippen molar-refractivity contribution in [2.24, 2.45) is 5.92 Å². The third kappa shape index (κ3) is 5.60. The molecule has 12 heteroatoms. The molecular weight excluding hydrogens is 408 g/mol. The van der Waals surface area contributed by atoms with Crippen LogP contribution < -0.4 is 0 Å². The fourth-order valence-electron chi connectivity index (χ4n) is 3.23. The van der Waals surface area contributed by atoms with E-state index in [9.17, 15) is 18.0 Å².